The predicted octanol–water partition coefficient (Wildman–Crippen LogP) is 4.80. The van der Waals surface area contributed by atoms with Crippen molar-refractivity contribution in [1.82, 2.24) is 0 Å². The van der Waals surface area contributed by atoms with Gasteiger partial charge in [0.25, 0.3) is 0 Å². The summed E-state index contributed by atoms with van der Waals surface area (Å²) in [5.41, 5.74) is 0.365. The van der Waals surface area contributed by atoms with E-state index in [1.807, 2.05) is 0 Å². The highest BCUT2D eigenvalue weighted by Gasteiger charge is 2.39. The standard InChI is InChI=1S/C16H26Cl2O3/c1-4-5-10-20-16(21-15(19)12(2)3)9-8-13(17)6-7-14(18)11-16/h13-14H,2,4-11H2,1,3H3. The number of unbranched alkanes of at least 4 members (excludes halogenated alkanes) is 1. The largest absolute Gasteiger partial charge is 0.430 e. The third-order valence-electron chi connectivity index (χ3n) is 3.65. The van der Waals surface area contributed by atoms with Crippen molar-refractivity contribution in [2.75, 3.05) is 6.61 Å². The second kappa shape index (κ2) is 9.02. The van der Waals surface area contributed by atoms with Gasteiger partial charge in [-0.15, -0.1) is 23.2 Å². The zero-order chi connectivity index (χ0) is 15.9. The second-order valence-electron chi connectivity index (χ2n) is 5.80. The van der Waals surface area contributed by atoms with Crippen molar-refractivity contribution in [3.05, 3.63) is 12.2 Å². The van der Waals surface area contributed by atoms with Crippen LogP contribution in [0.15, 0.2) is 12.2 Å². The number of halogens is 2. The molecule has 5 heteroatoms. The number of esters is 1. The van der Waals surface area contributed by atoms with Crippen LogP contribution in [0.25, 0.3) is 0 Å². The van der Waals surface area contributed by atoms with Crippen molar-refractivity contribution in [2.45, 2.75) is 75.3 Å². The highest BCUT2D eigenvalue weighted by molar-refractivity contribution is 6.21. The molecule has 3 nitrogen and oxygen atoms in total. The molecule has 0 spiro atoms. The highest BCUT2D eigenvalue weighted by Crippen LogP contribution is 2.35. The Morgan fingerprint density at radius 3 is 2.57 bits per heavy atom. The van der Waals surface area contributed by atoms with Crippen molar-refractivity contribution in [2.24, 2.45) is 0 Å². The summed E-state index contributed by atoms with van der Waals surface area (Å²) in [7, 11) is 0. The van der Waals surface area contributed by atoms with Gasteiger partial charge in [0.15, 0.2) is 0 Å². The zero-order valence-electron chi connectivity index (χ0n) is 13.0. The first-order valence-corrected chi connectivity index (χ1v) is 8.57. The lowest BCUT2D eigenvalue weighted by Gasteiger charge is -2.37. The van der Waals surface area contributed by atoms with Crippen molar-refractivity contribution in [3.63, 3.8) is 0 Å². The summed E-state index contributed by atoms with van der Waals surface area (Å²) < 4.78 is 11.6. The molecule has 0 radical (unpaired) electrons. The van der Waals surface area contributed by atoms with E-state index < -0.39 is 11.8 Å². The molecule has 0 saturated heterocycles. The monoisotopic (exact) mass is 336 g/mol. The minimum atomic E-state index is -0.967. The van der Waals surface area contributed by atoms with E-state index in [1.54, 1.807) is 6.92 Å². The Morgan fingerprint density at radius 1 is 1.29 bits per heavy atom. The molecule has 0 aromatic heterocycles. The van der Waals surface area contributed by atoms with Crippen LogP contribution in [0, 0.1) is 0 Å². The normalized spacial score (nSPS) is 30.3. The molecule has 21 heavy (non-hydrogen) atoms. The first-order chi connectivity index (χ1) is 9.88. The van der Waals surface area contributed by atoms with Crippen LogP contribution in [0.1, 0.15) is 58.8 Å². The fourth-order valence-corrected chi connectivity index (χ4v) is 2.93. The summed E-state index contributed by atoms with van der Waals surface area (Å²) in [6, 6.07) is 0. The van der Waals surface area contributed by atoms with Crippen LogP contribution in [-0.4, -0.2) is 29.1 Å². The Kier molecular flexibility index (Phi) is 8.07. The quantitative estimate of drug-likeness (QED) is 0.230. The Bertz CT molecular complexity index is 359. The van der Waals surface area contributed by atoms with Crippen LogP contribution in [0.5, 0.6) is 0 Å². The minimum absolute atomic E-state index is 0.0456. The molecule has 1 fully saturated rings. The topological polar surface area (TPSA) is 35.5 Å². The Morgan fingerprint density at radius 2 is 1.95 bits per heavy atom. The van der Waals surface area contributed by atoms with Crippen LogP contribution in [0.4, 0.5) is 0 Å². The number of hydrogen-bond acceptors (Lipinski definition) is 3. The fourth-order valence-electron chi connectivity index (χ4n) is 2.34. The van der Waals surface area contributed by atoms with Crippen molar-refractivity contribution in [3.8, 4) is 0 Å². The third-order valence-corrected chi connectivity index (χ3v) is 4.46. The van der Waals surface area contributed by atoms with E-state index in [1.165, 1.54) is 0 Å². The molecule has 0 heterocycles. The molecule has 1 aliphatic rings. The maximum absolute atomic E-state index is 12.0. The average Bonchev–Trinajstić information content (AvgIpc) is 2.41. The number of rotatable bonds is 6. The lowest BCUT2D eigenvalue weighted by Crippen LogP contribution is -2.42. The van der Waals surface area contributed by atoms with Gasteiger partial charge in [-0.05, 0) is 32.6 Å². The first-order valence-electron chi connectivity index (χ1n) is 7.69. The summed E-state index contributed by atoms with van der Waals surface area (Å²) >= 11 is 12.6. The van der Waals surface area contributed by atoms with E-state index in [9.17, 15) is 4.79 Å². The van der Waals surface area contributed by atoms with Crippen LogP contribution >= 0.6 is 23.2 Å². The minimum Gasteiger partial charge on any atom is -0.430 e. The molecule has 0 aliphatic heterocycles. The van der Waals surface area contributed by atoms with Gasteiger partial charge in [0.05, 0.1) is 6.61 Å². The lowest BCUT2D eigenvalue weighted by atomic mass is 9.94. The zero-order valence-corrected chi connectivity index (χ0v) is 14.5. The molecular weight excluding hydrogens is 311 g/mol. The van der Waals surface area contributed by atoms with E-state index in [-0.39, 0.29) is 10.8 Å². The van der Waals surface area contributed by atoms with Gasteiger partial charge in [-0.2, -0.15) is 0 Å². The van der Waals surface area contributed by atoms with E-state index in [2.05, 4.69) is 13.5 Å². The molecule has 3 atom stereocenters. The molecule has 3 unspecified atom stereocenters. The van der Waals surface area contributed by atoms with Crippen molar-refractivity contribution < 1.29 is 14.3 Å². The Hall–Kier alpha value is -0.250. The number of hydrogen-bond donors (Lipinski definition) is 0. The van der Waals surface area contributed by atoms with E-state index in [0.29, 0.717) is 25.0 Å². The molecular formula is C16H26Cl2O3. The molecule has 1 aliphatic carbocycles. The molecule has 1 rings (SSSR count). The molecule has 0 N–H and O–H groups in total. The molecule has 0 aromatic carbocycles. The van der Waals surface area contributed by atoms with Crippen molar-refractivity contribution >= 4 is 29.2 Å². The van der Waals surface area contributed by atoms with Crippen LogP contribution in [-0.2, 0) is 14.3 Å². The Labute approximate surface area is 138 Å². The first kappa shape index (κ1) is 18.8. The second-order valence-corrected chi connectivity index (χ2v) is 7.03. The lowest BCUT2D eigenvalue weighted by molar-refractivity contribution is -0.237. The molecule has 122 valence electrons. The summed E-state index contributed by atoms with van der Waals surface area (Å²) in [6.45, 7) is 7.91. The molecule has 0 amide bonds. The number of alkyl halides is 2. The van der Waals surface area contributed by atoms with Gasteiger partial charge in [0, 0.05) is 29.2 Å². The molecule has 0 aromatic rings. The number of carbonyl (C=O) groups is 1. The van der Waals surface area contributed by atoms with Gasteiger partial charge in [0.1, 0.15) is 0 Å². The summed E-state index contributed by atoms with van der Waals surface area (Å²) in [4.78, 5) is 12.0. The maximum Gasteiger partial charge on any atom is 0.335 e. The average molecular weight is 337 g/mol. The van der Waals surface area contributed by atoms with Crippen LogP contribution in [0.2, 0.25) is 0 Å². The Balaban J connectivity index is 2.84. The van der Waals surface area contributed by atoms with Gasteiger partial charge in [0.2, 0.25) is 5.79 Å². The van der Waals surface area contributed by atoms with E-state index in [4.69, 9.17) is 32.7 Å². The fraction of sp³-hybridized carbons (Fsp3) is 0.812. The number of carbonyl (C=O) groups excluding carboxylic acids is 1. The molecule has 0 bridgehead atoms. The predicted molar refractivity (Wildman–Crippen MR) is 86.9 cm³/mol. The van der Waals surface area contributed by atoms with Crippen LogP contribution < -0.4 is 0 Å². The SMILES string of the molecule is C=C(C)C(=O)OC1(OCCCC)CCC(Cl)CCC(Cl)C1. The van der Waals surface area contributed by atoms with Gasteiger partial charge >= 0.3 is 5.97 Å². The summed E-state index contributed by atoms with van der Waals surface area (Å²) in [5.74, 6) is -1.40. The van der Waals surface area contributed by atoms with E-state index >= 15 is 0 Å². The third kappa shape index (κ3) is 6.58. The molecule has 1 saturated carbocycles. The van der Waals surface area contributed by atoms with Gasteiger partial charge in [-0.1, -0.05) is 19.9 Å². The summed E-state index contributed by atoms with van der Waals surface area (Å²) in [5, 5.41) is -0.0599. The van der Waals surface area contributed by atoms with Gasteiger partial charge < -0.3 is 9.47 Å². The van der Waals surface area contributed by atoms with Gasteiger partial charge in [-0.3, -0.25) is 0 Å². The van der Waals surface area contributed by atoms with E-state index in [0.717, 1.165) is 32.1 Å². The van der Waals surface area contributed by atoms with Crippen molar-refractivity contribution in [1.29, 1.82) is 0 Å². The smallest absolute Gasteiger partial charge is 0.335 e. The number of ether oxygens (including phenoxy) is 2. The maximum atomic E-state index is 12.0. The highest BCUT2D eigenvalue weighted by atomic mass is 35.5. The van der Waals surface area contributed by atoms with Crippen LogP contribution in [0.3, 0.4) is 0 Å². The summed E-state index contributed by atoms with van der Waals surface area (Å²) in [6.07, 6.45) is 5.46. The van der Waals surface area contributed by atoms with Gasteiger partial charge in [-0.25, -0.2) is 4.79 Å².